The summed E-state index contributed by atoms with van der Waals surface area (Å²) in [5.41, 5.74) is 6.43. The fourth-order valence-corrected chi connectivity index (χ4v) is 5.05. The van der Waals surface area contributed by atoms with Crippen LogP contribution in [0.2, 0.25) is 0 Å². The van der Waals surface area contributed by atoms with Gasteiger partial charge in [0.2, 0.25) is 0 Å². The molecule has 1 aliphatic rings. The molecule has 1 heterocycles. The summed E-state index contributed by atoms with van der Waals surface area (Å²) in [5, 5.41) is -0.811. The molecule has 0 bridgehead atoms. The minimum Gasteiger partial charge on any atom is -0.495 e. The van der Waals surface area contributed by atoms with Gasteiger partial charge in [-0.15, -0.1) is 0 Å². The first kappa shape index (κ1) is 16.0. The van der Waals surface area contributed by atoms with Crippen molar-refractivity contribution >= 4 is 33.2 Å². The molecule has 0 saturated carbocycles. The van der Waals surface area contributed by atoms with Gasteiger partial charge in [0, 0.05) is 24.3 Å². The van der Waals surface area contributed by atoms with E-state index < -0.39 is 15.2 Å². The van der Waals surface area contributed by atoms with E-state index in [1.165, 1.54) is 23.8 Å². The van der Waals surface area contributed by atoms with E-state index in [2.05, 4.69) is 0 Å². The second-order valence-electron chi connectivity index (χ2n) is 4.78. The predicted octanol–water partition coefficient (Wildman–Crippen LogP) is 0.837. The number of amides is 1. The minimum atomic E-state index is -3.34. The van der Waals surface area contributed by atoms with Gasteiger partial charge in [0.15, 0.2) is 9.84 Å². The Bertz CT molecular complexity index is 646. The topological polar surface area (TPSA) is 89.7 Å². The molecule has 1 fully saturated rings. The monoisotopic (exact) mass is 330 g/mol. The van der Waals surface area contributed by atoms with Gasteiger partial charge in [-0.25, -0.2) is 8.42 Å². The number of para-hydroxylation sites is 1. The second-order valence-corrected chi connectivity index (χ2v) is 8.13. The molecule has 116 valence electrons. The molecule has 1 amide bonds. The summed E-state index contributed by atoms with van der Waals surface area (Å²) < 4.78 is 28.9. The molecule has 1 aliphatic heterocycles. The Balaban J connectivity index is 2.38. The number of hydrogen-bond acceptors (Lipinski definition) is 6. The van der Waals surface area contributed by atoms with Gasteiger partial charge in [-0.1, -0.05) is 6.07 Å². The molecule has 21 heavy (non-hydrogen) atoms. The molecule has 1 aromatic carbocycles. The highest BCUT2D eigenvalue weighted by Gasteiger charge is 2.35. The highest BCUT2D eigenvalue weighted by molar-refractivity contribution is 8.00. The lowest BCUT2D eigenvalue weighted by Gasteiger charge is -2.34. The first-order valence-electron chi connectivity index (χ1n) is 6.36. The number of nitrogens with zero attached hydrogens (tertiary/aromatic N) is 1. The average molecular weight is 330 g/mol. The number of anilines is 1. The SMILES string of the molecule is COc1cccc(C(=O)N2CCSCC2S(C)(=O)=O)c1N. The van der Waals surface area contributed by atoms with E-state index in [0.29, 0.717) is 23.8 Å². The molecule has 1 aromatic rings. The summed E-state index contributed by atoms with van der Waals surface area (Å²) in [6, 6.07) is 4.91. The normalized spacial score (nSPS) is 19.3. The zero-order chi connectivity index (χ0) is 15.6. The Morgan fingerprint density at radius 2 is 2.19 bits per heavy atom. The fourth-order valence-electron chi connectivity index (χ4n) is 2.23. The first-order chi connectivity index (χ1) is 9.86. The predicted molar refractivity (Wildman–Crippen MR) is 84.4 cm³/mol. The van der Waals surface area contributed by atoms with E-state index in [1.807, 2.05) is 0 Å². The van der Waals surface area contributed by atoms with Crippen molar-refractivity contribution in [1.29, 1.82) is 0 Å². The first-order valence-corrected chi connectivity index (χ1v) is 9.47. The largest absolute Gasteiger partial charge is 0.495 e. The van der Waals surface area contributed by atoms with E-state index >= 15 is 0 Å². The maximum atomic E-state index is 12.7. The maximum absolute atomic E-state index is 12.7. The number of thioether (sulfide) groups is 1. The Hall–Kier alpha value is -1.41. The van der Waals surface area contributed by atoms with E-state index in [1.54, 1.807) is 18.2 Å². The average Bonchev–Trinajstić information content (AvgIpc) is 2.46. The van der Waals surface area contributed by atoms with Gasteiger partial charge in [-0.2, -0.15) is 11.8 Å². The molecule has 0 radical (unpaired) electrons. The van der Waals surface area contributed by atoms with Crippen molar-refractivity contribution in [3.05, 3.63) is 23.8 Å². The molecule has 8 heteroatoms. The number of ether oxygens (including phenoxy) is 1. The van der Waals surface area contributed by atoms with Gasteiger partial charge < -0.3 is 15.4 Å². The molecule has 6 nitrogen and oxygen atoms in total. The third-order valence-corrected chi connectivity index (χ3v) is 6.00. The number of rotatable bonds is 3. The van der Waals surface area contributed by atoms with E-state index in [9.17, 15) is 13.2 Å². The van der Waals surface area contributed by atoms with Crippen molar-refractivity contribution in [2.24, 2.45) is 0 Å². The molecule has 0 aromatic heterocycles. The third kappa shape index (κ3) is 3.26. The Morgan fingerprint density at radius 1 is 1.48 bits per heavy atom. The number of carbonyl (C=O) groups is 1. The number of methoxy groups -OCH3 is 1. The van der Waals surface area contributed by atoms with Crippen LogP contribution in [0.3, 0.4) is 0 Å². The summed E-state index contributed by atoms with van der Waals surface area (Å²) in [7, 11) is -1.88. The standard InChI is InChI=1S/C13H18N2O4S2/c1-19-10-5-3-4-9(12(10)14)13(16)15-6-7-20-8-11(15)21(2,17)18/h3-5,11H,6-8,14H2,1-2H3. The van der Waals surface area contributed by atoms with Crippen LogP contribution in [-0.4, -0.2) is 56.0 Å². The van der Waals surface area contributed by atoms with Crippen LogP contribution < -0.4 is 10.5 Å². The van der Waals surface area contributed by atoms with Crippen LogP contribution in [0.5, 0.6) is 5.75 Å². The van der Waals surface area contributed by atoms with Crippen LogP contribution in [0.1, 0.15) is 10.4 Å². The van der Waals surface area contributed by atoms with Crippen LogP contribution in [0, 0.1) is 0 Å². The maximum Gasteiger partial charge on any atom is 0.257 e. The molecule has 2 rings (SSSR count). The molecule has 2 N–H and O–H groups in total. The number of nitrogens with two attached hydrogens (primary N) is 1. The van der Waals surface area contributed by atoms with E-state index in [-0.39, 0.29) is 17.2 Å². The van der Waals surface area contributed by atoms with Crippen molar-refractivity contribution in [2.45, 2.75) is 5.37 Å². The number of carbonyl (C=O) groups excluding carboxylic acids is 1. The van der Waals surface area contributed by atoms with Gasteiger partial charge in [0.25, 0.3) is 5.91 Å². The van der Waals surface area contributed by atoms with Crippen LogP contribution in [-0.2, 0) is 9.84 Å². The molecule has 0 aliphatic carbocycles. The smallest absolute Gasteiger partial charge is 0.257 e. The summed E-state index contributed by atoms with van der Waals surface area (Å²) >= 11 is 1.53. The van der Waals surface area contributed by atoms with Crippen molar-refractivity contribution in [2.75, 3.05) is 37.1 Å². The fraction of sp³-hybridized carbons (Fsp3) is 0.462. The van der Waals surface area contributed by atoms with Gasteiger partial charge in [0.05, 0.1) is 18.4 Å². The quantitative estimate of drug-likeness (QED) is 0.826. The van der Waals surface area contributed by atoms with E-state index in [4.69, 9.17) is 10.5 Å². The lowest BCUT2D eigenvalue weighted by molar-refractivity contribution is 0.0750. The summed E-state index contributed by atoms with van der Waals surface area (Å²) in [6.07, 6.45) is 1.15. The number of benzene rings is 1. The summed E-state index contributed by atoms with van der Waals surface area (Å²) in [5.74, 6) is 1.13. The molecular formula is C13H18N2O4S2. The van der Waals surface area contributed by atoms with Gasteiger partial charge in [-0.05, 0) is 12.1 Å². The Labute approximate surface area is 128 Å². The van der Waals surface area contributed by atoms with Crippen LogP contribution in [0.15, 0.2) is 18.2 Å². The van der Waals surface area contributed by atoms with Crippen LogP contribution >= 0.6 is 11.8 Å². The van der Waals surface area contributed by atoms with Gasteiger partial charge in [-0.3, -0.25) is 4.79 Å². The highest BCUT2D eigenvalue weighted by Crippen LogP contribution is 2.28. The molecular weight excluding hydrogens is 312 g/mol. The number of nitrogen functional groups attached to an aromatic ring is 1. The molecule has 1 atom stereocenters. The highest BCUT2D eigenvalue weighted by atomic mass is 32.2. The van der Waals surface area contributed by atoms with Gasteiger partial charge >= 0.3 is 0 Å². The van der Waals surface area contributed by atoms with Crippen molar-refractivity contribution in [1.82, 2.24) is 4.90 Å². The third-order valence-electron chi connectivity index (χ3n) is 3.36. The Morgan fingerprint density at radius 3 is 2.81 bits per heavy atom. The van der Waals surface area contributed by atoms with Crippen molar-refractivity contribution in [3.63, 3.8) is 0 Å². The minimum absolute atomic E-state index is 0.232. The van der Waals surface area contributed by atoms with Crippen molar-refractivity contribution in [3.8, 4) is 5.75 Å². The molecule has 0 spiro atoms. The lowest BCUT2D eigenvalue weighted by atomic mass is 10.1. The summed E-state index contributed by atoms with van der Waals surface area (Å²) in [6.45, 7) is 0.387. The van der Waals surface area contributed by atoms with Gasteiger partial charge in [0.1, 0.15) is 11.1 Å². The lowest BCUT2D eigenvalue weighted by Crippen LogP contribution is -2.50. The van der Waals surface area contributed by atoms with Crippen LogP contribution in [0.4, 0.5) is 5.69 Å². The second kappa shape index (κ2) is 6.15. The van der Waals surface area contributed by atoms with Crippen molar-refractivity contribution < 1.29 is 17.9 Å². The Kier molecular flexibility index (Phi) is 4.67. The van der Waals surface area contributed by atoms with E-state index in [0.717, 1.165) is 6.26 Å². The van der Waals surface area contributed by atoms with Crippen LogP contribution in [0.25, 0.3) is 0 Å². The zero-order valence-electron chi connectivity index (χ0n) is 11.9. The molecule has 1 saturated heterocycles. The molecule has 1 unspecified atom stereocenters. The number of sulfone groups is 1. The number of hydrogen-bond donors (Lipinski definition) is 1. The summed E-state index contributed by atoms with van der Waals surface area (Å²) in [4.78, 5) is 14.0. The zero-order valence-corrected chi connectivity index (χ0v) is 13.5.